The van der Waals surface area contributed by atoms with Gasteiger partial charge in [0.25, 0.3) is 0 Å². The lowest BCUT2D eigenvalue weighted by Crippen LogP contribution is -2.60. The van der Waals surface area contributed by atoms with E-state index in [9.17, 15) is 38.7 Å². The highest BCUT2D eigenvalue weighted by atomic mass is 16.3. The first-order valence-electron chi connectivity index (χ1n) is 19.1. The van der Waals surface area contributed by atoms with E-state index in [0.717, 1.165) is 19.3 Å². The van der Waals surface area contributed by atoms with Crippen LogP contribution < -0.4 is 37.2 Å². The van der Waals surface area contributed by atoms with Crippen LogP contribution in [0.5, 0.6) is 0 Å². The first-order chi connectivity index (χ1) is 24.8. The van der Waals surface area contributed by atoms with E-state index in [-0.39, 0.29) is 49.7 Å². The van der Waals surface area contributed by atoms with Crippen molar-refractivity contribution in [2.45, 2.75) is 144 Å². The summed E-state index contributed by atoms with van der Waals surface area (Å²) in [6.45, 7) is 15.1. The van der Waals surface area contributed by atoms with Gasteiger partial charge < -0.3 is 42.3 Å². The molecule has 0 heterocycles. The summed E-state index contributed by atoms with van der Waals surface area (Å²) in [4.78, 5) is 89.1. The Morgan fingerprint density at radius 3 is 1.62 bits per heavy atom. The molecule has 0 bridgehead atoms. The molecule has 3 atom stereocenters. The molecule has 3 unspecified atom stereocenters. The number of aliphatic hydroxyl groups is 1. The van der Waals surface area contributed by atoms with Crippen LogP contribution in [-0.2, 0) is 33.6 Å². The van der Waals surface area contributed by atoms with Crippen molar-refractivity contribution in [3.05, 3.63) is 12.2 Å². The fourth-order valence-corrected chi connectivity index (χ4v) is 5.25. The van der Waals surface area contributed by atoms with E-state index in [0.29, 0.717) is 19.3 Å². The van der Waals surface area contributed by atoms with Gasteiger partial charge in [-0.15, -0.1) is 0 Å². The van der Waals surface area contributed by atoms with Crippen molar-refractivity contribution in [1.29, 1.82) is 0 Å². The number of amides is 7. The Labute approximate surface area is 316 Å². The van der Waals surface area contributed by atoms with Crippen molar-refractivity contribution < 1.29 is 38.7 Å². The molecule has 0 aromatic heterocycles. The number of unbranched alkanes of at least 4 members (excludes halogenated alkanes) is 3. The number of aliphatic hydroxyl groups excluding tert-OH is 1. The molecule has 0 radical (unpaired) electrons. The van der Waals surface area contributed by atoms with Crippen LogP contribution in [0.25, 0.3) is 0 Å². The molecule has 0 fully saturated rings. The van der Waals surface area contributed by atoms with Crippen molar-refractivity contribution in [2.75, 3.05) is 26.2 Å². The van der Waals surface area contributed by atoms with E-state index in [4.69, 9.17) is 0 Å². The molecule has 0 aliphatic carbocycles. The molecule has 15 heteroatoms. The smallest absolute Gasteiger partial charge is 0.245 e. The first-order valence-corrected chi connectivity index (χ1v) is 19.1. The number of hydrogen-bond donors (Lipinski definition) is 8. The summed E-state index contributed by atoms with van der Waals surface area (Å²) in [5.41, 5.74) is -1.49. The molecular formula is C38H69N7O8. The lowest BCUT2D eigenvalue weighted by Gasteiger charge is -2.29. The van der Waals surface area contributed by atoms with Crippen LogP contribution in [0.15, 0.2) is 12.2 Å². The second-order valence-electron chi connectivity index (χ2n) is 15.4. The van der Waals surface area contributed by atoms with Gasteiger partial charge in [-0.05, 0) is 70.1 Å². The minimum absolute atomic E-state index is 0.0170. The molecule has 0 aliphatic heterocycles. The third-order valence-corrected chi connectivity index (χ3v) is 8.02. The quantitative estimate of drug-likeness (QED) is 0.0455. The number of rotatable bonds is 27. The predicted octanol–water partition coefficient (Wildman–Crippen LogP) is 1.73. The second-order valence-corrected chi connectivity index (χ2v) is 15.4. The average molecular weight is 752 g/mol. The van der Waals surface area contributed by atoms with Crippen LogP contribution in [-0.4, -0.2) is 96.4 Å². The summed E-state index contributed by atoms with van der Waals surface area (Å²) >= 11 is 0. The van der Waals surface area contributed by atoms with E-state index in [2.05, 4.69) is 50.2 Å². The largest absolute Gasteiger partial charge is 0.394 e. The van der Waals surface area contributed by atoms with Crippen molar-refractivity contribution in [3.63, 3.8) is 0 Å². The Kier molecular flexibility index (Phi) is 24.7. The van der Waals surface area contributed by atoms with E-state index in [1.165, 1.54) is 20.3 Å². The summed E-state index contributed by atoms with van der Waals surface area (Å²) in [5.74, 6) is -3.53. The molecule has 0 aromatic carbocycles. The van der Waals surface area contributed by atoms with Gasteiger partial charge in [0.2, 0.25) is 41.4 Å². The first kappa shape index (κ1) is 49.0. The monoisotopic (exact) mass is 752 g/mol. The number of carbonyl (C=O) groups is 7. The van der Waals surface area contributed by atoms with Gasteiger partial charge in [-0.25, -0.2) is 0 Å². The van der Waals surface area contributed by atoms with Gasteiger partial charge in [0, 0.05) is 6.42 Å². The summed E-state index contributed by atoms with van der Waals surface area (Å²) in [7, 11) is 0. The molecule has 0 aliphatic rings. The van der Waals surface area contributed by atoms with Crippen molar-refractivity contribution in [2.24, 2.45) is 17.8 Å². The Balaban J connectivity index is 5.03. The van der Waals surface area contributed by atoms with Gasteiger partial charge >= 0.3 is 0 Å². The molecule has 0 aromatic rings. The minimum atomic E-state index is -1.49. The highest BCUT2D eigenvalue weighted by Crippen LogP contribution is 2.10. The maximum atomic E-state index is 13.3. The van der Waals surface area contributed by atoms with Crippen molar-refractivity contribution in [3.8, 4) is 0 Å². The minimum Gasteiger partial charge on any atom is -0.394 e. The summed E-state index contributed by atoms with van der Waals surface area (Å²) in [6, 6.07) is -2.37. The molecule has 8 N–H and O–H groups in total. The van der Waals surface area contributed by atoms with E-state index >= 15 is 0 Å². The number of nitrogens with one attached hydrogen (secondary N) is 7. The molecular weight excluding hydrogens is 682 g/mol. The topological polar surface area (TPSA) is 224 Å². The summed E-state index contributed by atoms with van der Waals surface area (Å²) in [6.07, 6.45) is 10.4. The van der Waals surface area contributed by atoms with Gasteiger partial charge in [0.15, 0.2) is 0 Å². The van der Waals surface area contributed by atoms with Gasteiger partial charge in [-0.3, -0.25) is 33.6 Å². The predicted molar refractivity (Wildman–Crippen MR) is 205 cm³/mol. The zero-order chi connectivity index (χ0) is 40.6. The maximum Gasteiger partial charge on any atom is 0.245 e. The van der Waals surface area contributed by atoms with Gasteiger partial charge in [0.05, 0.1) is 32.3 Å². The molecule has 0 saturated carbocycles. The van der Waals surface area contributed by atoms with Crippen molar-refractivity contribution >= 4 is 41.4 Å². The third-order valence-electron chi connectivity index (χ3n) is 8.02. The van der Waals surface area contributed by atoms with Crippen LogP contribution in [0.4, 0.5) is 0 Å². The van der Waals surface area contributed by atoms with Crippen LogP contribution in [0.3, 0.4) is 0 Å². The van der Waals surface area contributed by atoms with Crippen LogP contribution in [0.2, 0.25) is 0 Å². The van der Waals surface area contributed by atoms with E-state index < -0.39 is 72.2 Å². The third kappa shape index (κ3) is 24.0. The van der Waals surface area contributed by atoms with E-state index in [1.54, 1.807) is 0 Å². The van der Waals surface area contributed by atoms with Gasteiger partial charge in [0.1, 0.15) is 17.6 Å². The molecule has 0 saturated heterocycles. The Morgan fingerprint density at radius 2 is 1.09 bits per heavy atom. The molecule has 53 heavy (non-hydrogen) atoms. The zero-order valence-corrected chi connectivity index (χ0v) is 33.6. The molecule has 304 valence electrons. The van der Waals surface area contributed by atoms with Crippen LogP contribution in [0, 0.1) is 17.8 Å². The molecule has 0 spiro atoms. The van der Waals surface area contributed by atoms with Crippen LogP contribution >= 0.6 is 0 Å². The number of hydrogen-bond acceptors (Lipinski definition) is 8. The zero-order valence-electron chi connectivity index (χ0n) is 33.6. The fourth-order valence-electron chi connectivity index (χ4n) is 5.25. The maximum absolute atomic E-state index is 13.3. The second kappa shape index (κ2) is 26.7. The summed E-state index contributed by atoms with van der Waals surface area (Å²) in [5, 5.41) is 27.8. The Morgan fingerprint density at radius 1 is 0.604 bits per heavy atom. The Hall–Kier alpha value is -4.01. The van der Waals surface area contributed by atoms with Gasteiger partial charge in [-0.1, -0.05) is 73.5 Å². The summed E-state index contributed by atoms with van der Waals surface area (Å²) < 4.78 is 0. The number of allylic oxidation sites excluding steroid dienone is 2. The highest BCUT2D eigenvalue weighted by molar-refractivity contribution is 5.96. The molecule has 15 nitrogen and oxygen atoms in total. The average Bonchev–Trinajstić information content (AvgIpc) is 3.06. The van der Waals surface area contributed by atoms with Crippen molar-refractivity contribution in [1.82, 2.24) is 37.2 Å². The highest BCUT2D eigenvalue weighted by Gasteiger charge is 2.33. The molecule has 0 rings (SSSR count). The van der Waals surface area contributed by atoms with E-state index in [1.807, 2.05) is 47.6 Å². The lowest BCUT2D eigenvalue weighted by atomic mass is 9.99. The number of carbonyl (C=O) groups excluding carboxylic acids is 7. The SMILES string of the molecule is CCCCCC=CCCC(=O)NCC(=O)NCC(=O)NC(CC(C)C)C(=O)NC(C)(C)C(=O)NCC(=O)NC(CC(C)C)C(=O)NC(CO)CC(C)C. The fraction of sp³-hybridized carbons (Fsp3) is 0.763. The van der Waals surface area contributed by atoms with Crippen LogP contribution in [0.1, 0.15) is 120 Å². The normalized spacial score (nSPS) is 13.3. The van der Waals surface area contributed by atoms with Gasteiger partial charge in [-0.2, -0.15) is 0 Å². The Bertz CT molecular complexity index is 1200. The lowest BCUT2D eigenvalue weighted by molar-refractivity contribution is -0.136. The standard InChI is InChI=1S/C38H69N7O8/c1-10-11-12-13-14-15-16-17-31(47)39-21-32(48)40-22-33(49)44-30(20-27(6)7)36(52)45-38(8,9)37(53)41-23-34(50)43-29(19-26(4)5)35(51)42-28(24-46)18-25(2)3/h14-15,25-30,46H,10-13,16-24H2,1-9H3,(H,39,47)(H,40,48)(H,41,53)(H,42,51)(H,43,50)(H,44,49)(H,45,52). The molecule has 7 amide bonds.